The Morgan fingerprint density at radius 2 is 2.13 bits per heavy atom. The van der Waals surface area contributed by atoms with Crippen LogP contribution in [0.25, 0.3) is 0 Å². The zero-order chi connectivity index (χ0) is 10.4. The van der Waals surface area contributed by atoms with E-state index in [9.17, 15) is 4.79 Å². The molecule has 1 aromatic rings. The van der Waals surface area contributed by atoms with Crippen molar-refractivity contribution >= 4 is 11.6 Å². The lowest BCUT2D eigenvalue weighted by Gasteiger charge is -2.23. The van der Waals surface area contributed by atoms with E-state index in [-0.39, 0.29) is 5.91 Å². The Kier molecular flexibility index (Phi) is 1.84. The summed E-state index contributed by atoms with van der Waals surface area (Å²) in [6.07, 6.45) is 3.66. The molecule has 2 heteroatoms. The van der Waals surface area contributed by atoms with Gasteiger partial charge in [0.15, 0.2) is 0 Å². The van der Waals surface area contributed by atoms with Crippen molar-refractivity contribution in [3.05, 3.63) is 29.8 Å². The summed E-state index contributed by atoms with van der Waals surface area (Å²) in [6, 6.07) is 8.81. The van der Waals surface area contributed by atoms with Gasteiger partial charge in [0, 0.05) is 24.6 Å². The molecule has 0 bridgehead atoms. The van der Waals surface area contributed by atoms with Crippen LogP contribution >= 0.6 is 0 Å². The van der Waals surface area contributed by atoms with Crippen LogP contribution in [0.3, 0.4) is 0 Å². The number of benzene rings is 1. The zero-order valence-electron chi connectivity index (χ0n) is 8.94. The molecular formula is C13H15NO. The molecule has 1 aliphatic carbocycles. The Hall–Kier alpha value is -1.31. The minimum absolute atomic E-state index is 0.192. The van der Waals surface area contributed by atoms with Gasteiger partial charge in [0.25, 0.3) is 0 Å². The second-order valence-electron chi connectivity index (χ2n) is 4.55. The fourth-order valence-electron chi connectivity index (χ4n) is 3.21. The lowest BCUT2D eigenvalue weighted by molar-refractivity contribution is -0.116. The van der Waals surface area contributed by atoms with Crippen LogP contribution < -0.4 is 4.90 Å². The lowest BCUT2D eigenvalue weighted by Crippen LogP contribution is -2.35. The maximum atomic E-state index is 11.7. The highest BCUT2D eigenvalue weighted by molar-refractivity contribution is 5.95. The summed E-state index contributed by atoms with van der Waals surface area (Å²) in [4.78, 5) is 13.7. The van der Waals surface area contributed by atoms with Gasteiger partial charge in [-0.25, -0.2) is 0 Å². The average Bonchev–Trinajstić information content (AvgIpc) is 2.75. The van der Waals surface area contributed by atoms with E-state index >= 15 is 0 Å². The highest BCUT2D eigenvalue weighted by Gasteiger charge is 2.42. The molecule has 1 aromatic carbocycles. The third-order valence-corrected chi connectivity index (χ3v) is 3.75. The van der Waals surface area contributed by atoms with Crippen molar-refractivity contribution in [2.45, 2.75) is 38.1 Å². The number of rotatable bonds is 0. The first kappa shape index (κ1) is 8.96. The normalized spacial score (nSPS) is 27.7. The molecule has 1 heterocycles. The Morgan fingerprint density at radius 3 is 2.93 bits per heavy atom. The fraction of sp³-hybridized carbons (Fsp3) is 0.462. The van der Waals surface area contributed by atoms with Gasteiger partial charge >= 0.3 is 0 Å². The van der Waals surface area contributed by atoms with E-state index in [1.807, 2.05) is 11.0 Å². The van der Waals surface area contributed by atoms with Crippen LogP contribution in [-0.4, -0.2) is 11.9 Å². The van der Waals surface area contributed by atoms with Crippen LogP contribution in [0.5, 0.6) is 0 Å². The minimum Gasteiger partial charge on any atom is -0.309 e. The molecule has 78 valence electrons. The Balaban J connectivity index is 2.13. The molecule has 0 aromatic heterocycles. The first-order chi connectivity index (χ1) is 7.29. The van der Waals surface area contributed by atoms with E-state index in [0.29, 0.717) is 12.0 Å². The maximum Gasteiger partial charge on any atom is 0.224 e. The predicted octanol–water partition coefficient (Wildman–Crippen LogP) is 2.69. The van der Waals surface area contributed by atoms with Gasteiger partial charge in [0.2, 0.25) is 5.91 Å². The number of carbonyl (C=O) groups excluding carboxylic acids is 1. The molecular weight excluding hydrogens is 186 g/mol. The summed E-state index contributed by atoms with van der Waals surface area (Å²) in [7, 11) is 0. The molecule has 2 atom stereocenters. The van der Waals surface area contributed by atoms with Crippen molar-refractivity contribution in [2.75, 3.05) is 4.90 Å². The number of amides is 1. The fourth-order valence-corrected chi connectivity index (χ4v) is 3.21. The average molecular weight is 201 g/mol. The van der Waals surface area contributed by atoms with Gasteiger partial charge in [0.1, 0.15) is 0 Å². The van der Waals surface area contributed by atoms with E-state index in [1.54, 1.807) is 6.92 Å². The molecule has 0 N–H and O–H groups in total. The van der Waals surface area contributed by atoms with Crippen LogP contribution in [0, 0.1) is 0 Å². The van der Waals surface area contributed by atoms with E-state index in [0.717, 1.165) is 5.69 Å². The smallest absolute Gasteiger partial charge is 0.224 e. The van der Waals surface area contributed by atoms with Crippen LogP contribution in [0.4, 0.5) is 5.69 Å². The summed E-state index contributed by atoms with van der Waals surface area (Å²) < 4.78 is 0. The number of hydrogen-bond donors (Lipinski definition) is 0. The van der Waals surface area contributed by atoms with Gasteiger partial charge in [-0.3, -0.25) is 4.79 Å². The quantitative estimate of drug-likeness (QED) is 0.632. The maximum absolute atomic E-state index is 11.7. The summed E-state index contributed by atoms with van der Waals surface area (Å²) in [5, 5.41) is 0. The molecule has 0 saturated heterocycles. The zero-order valence-corrected chi connectivity index (χ0v) is 8.94. The summed E-state index contributed by atoms with van der Waals surface area (Å²) >= 11 is 0. The third-order valence-electron chi connectivity index (χ3n) is 3.75. The molecule has 3 rings (SSSR count). The van der Waals surface area contributed by atoms with Gasteiger partial charge in [0.05, 0.1) is 0 Å². The molecule has 0 unspecified atom stereocenters. The Bertz CT molecular complexity index is 413. The number of fused-ring (bicyclic) bond motifs is 3. The van der Waals surface area contributed by atoms with Crippen molar-refractivity contribution in [1.82, 2.24) is 0 Å². The predicted molar refractivity (Wildman–Crippen MR) is 60.0 cm³/mol. The standard InChI is InChI=1S/C13H15NO/c1-9(15)14-12-7-3-2-5-10(12)11-6-4-8-13(11)14/h2-3,5,7,11,13H,4,6,8H2,1H3/t11-,13+/m0/s1. The Labute approximate surface area is 89.9 Å². The van der Waals surface area contributed by atoms with Crippen LogP contribution in [0.1, 0.15) is 37.7 Å². The molecule has 15 heavy (non-hydrogen) atoms. The minimum atomic E-state index is 0.192. The van der Waals surface area contributed by atoms with Gasteiger partial charge in [-0.05, 0) is 24.5 Å². The van der Waals surface area contributed by atoms with E-state index in [2.05, 4.69) is 18.2 Å². The lowest BCUT2D eigenvalue weighted by atomic mass is 9.98. The second-order valence-corrected chi connectivity index (χ2v) is 4.55. The monoisotopic (exact) mass is 201 g/mol. The van der Waals surface area contributed by atoms with Crippen LogP contribution in [0.2, 0.25) is 0 Å². The first-order valence-electron chi connectivity index (χ1n) is 5.68. The Morgan fingerprint density at radius 1 is 1.33 bits per heavy atom. The van der Waals surface area contributed by atoms with Crippen molar-refractivity contribution in [3.8, 4) is 0 Å². The molecule has 1 amide bonds. The van der Waals surface area contributed by atoms with Crippen molar-refractivity contribution in [1.29, 1.82) is 0 Å². The molecule has 2 nitrogen and oxygen atoms in total. The highest BCUT2D eigenvalue weighted by atomic mass is 16.2. The number of para-hydroxylation sites is 1. The van der Waals surface area contributed by atoms with E-state index in [1.165, 1.54) is 24.8 Å². The van der Waals surface area contributed by atoms with Crippen molar-refractivity contribution in [3.63, 3.8) is 0 Å². The van der Waals surface area contributed by atoms with Crippen LogP contribution in [0.15, 0.2) is 24.3 Å². The van der Waals surface area contributed by atoms with Gasteiger partial charge in [-0.15, -0.1) is 0 Å². The number of anilines is 1. The largest absolute Gasteiger partial charge is 0.309 e. The number of nitrogens with zero attached hydrogens (tertiary/aromatic N) is 1. The number of hydrogen-bond acceptors (Lipinski definition) is 1. The summed E-state index contributed by atoms with van der Waals surface area (Å²) in [5.41, 5.74) is 2.54. The third kappa shape index (κ3) is 1.14. The topological polar surface area (TPSA) is 20.3 Å². The van der Waals surface area contributed by atoms with Crippen molar-refractivity contribution < 1.29 is 4.79 Å². The summed E-state index contributed by atoms with van der Waals surface area (Å²) in [5.74, 6) is 0.793. The van der Waals surface area contributed by atoms with Gasteiger partial charge < -0.3 is 4.90 Å². The second kappa shape index (κ2) is 3.09. The van der Waals surface area contributed by atoms with Gasteiger partial charge in [-0.2, -0.15) is 0 Å². The highest BCUT2D eigenvalue weighted by Crippen LogP contribution is 2.48. The summed E-state index contributed by atoms with van der Waals surface area (Å²) in [6.45, 7) is 1.68. The molecule has 0 spiro atoms. The molecule has 1 saturated carbocycles. The van der Waals surface area contributed by atoms with Crippen molar-refractivity contribution in [2.24, 2.45) is 0 Å². The first-order valence-corrected chi connectivity index (χ1v) is 5.68. The molecule has 1 fully saturated rings. The van der Waals surface area contributed by atoms with Crippen LogP contribution in [-0.2, 0) is 4.79 Å². The molecule has 0 radical (unpaired) electrons. The van der Waals surface area contributed by atoms with E-state index < -0.39 is 0 Å². The number of carbonyl (C=O) groups is 1. The molecule has 1 aliphatic heterocycles. The SMILES string of the molecule is CC(=O)N1c2ccccc2[C@@H]2CCC[C@H]21. The van der Waals surface area contributed by atoms with Gasteiger partial charge in [-0.1, -0.05) is 24.6 Å². The van der Waals surface area contributed by atoms with E-state index in [4.69, 9.17) is 0 Å². The molecule has 2 aliphatic rings.